The first-order valence-electron chi connectivity index (χ1n) is 7.91. The first kappa shape index (κ1) is 15.3. The zero-order valence-electron chi connectivity index (χ0n) is 12.9. The van der Waals surface area contributed by atoms with E-state index in [2.05, 4.69) is 27.1 Å². The first-order chi connectivity index (χ1) is 10.8. The molecular weight excluding hydrogens is 296 g/mol. The van der Waals surface area contributed by atoms with Gasteiger partial charge < -0.3 is 9.32 Å². The third kappa shape index (κ3) is 4.00. The Labute approximate surface area is 135 Å². The second-order valence-corrected chi connectivity index (χ2v) is 6.76. The summed E-state index contributed by atoms with van der Waals surface area (Å²) in [6.07, 6.45) is 11.3. The van der Waals surface area contributed by atoms with E-state index in [9.17, 15) is 0 Å². The molecule has 0 aliphatic heterocycles. The Morgan fingerprint density at radius 2 is 1.86 bits per heavy atom. The second-order valence-electron chi connectivity index (χ2n) is 5.71. The van der Waals surface area contributed by atoms with Crippen LogP contribution in [0.5, 0.6) is 0 Å². The lowest BCUT2D eigenvalue weighted by Gasteiger charge is -2.24. The van der Waals surface area contributed by atoms with Gasteiger partial charge in [0.25, 0.3) is 0 Å². The van der Waals surface area contributed by atoms with Crippen molar-refractivity contribution in [3.05, 3.63) is 30.4 Å². The highest BCUT2D eigenvalue weighted by atomic mass is 32.2. The molecule has 0 atom stereocenters. The molecule has 22 heavy (non-hydrogen) atoms. The Bertz CT molecular complexity index is 567. The van der Waals surface area contributed by atoms with Gasteiger partial charge in [-0.05, 0) is 25.0 Å². The number of aromatic nitrogens is 3. The van der Waals surface area contributed by atoms with Crippen LogP contribution in [0.15, 0.2) is 33.8 Å². The minimum absolute atomic E-state index is 0.531. The van der Waals surface area contributed by atoms with Gasteiger partial charge in [-0.15, -0.1) is 16.9 Å². The van der Waals surface area contributed by atoms with E-state index < -0.39 is 0 Å². The molecule has 1 fully saturated rings. The number of pyridine rings is 1. The average Bonchev–Trinajstić information content (AvgIpc) is 2.87. The zero-order valence-corrected chi connectivity index (χ0v) is 13.8. The molecule has 0 amide bonds. The van der Waals surface area contributed by atoms with Crippen LogP contribution in [-0.4, -0.2) is 28.3 Å². The standard InChI is InChI=1S/C16H22N4OS/c1-20(13-6-4-2-3-5-7-13)16-19-18-15(21-16)12-22-14-8-10-17-11-9-14/h8-11,13H,2-7,12H2,1H3. The number of rotatable bonds is 5. The number of thioether (sulfide) groups is 1. The number of hydrogen-bond donors (Lipinski definition) is 0. The van der Waals surface area contributed by atoms with Crippen molar-refractivity contribution in [3.63, 3.8) is 0 Å². The summed E-state index contributed by atoms with van der Waals surface area (Å²) in [5, 5.41) is 8.39. The minimum atomic E-state index is 0.531. The van der Waals surface area contributed by atoms with E-state index in [4.69, 9.17) is 4.42 Å². The van der Waals surface area contributed by atoms with Gasteiger partial charge in [0.1, 0.15) is 0 Å². The number of nitrogens with zero attached hydrogens (tertiary/aromatic N) is 4. The van der Waals surface area contributed by atoms with Crippen LogP contribution in [0.2, 0.25) is 0 Å². The lowest BCUT2D eigenvalue weighted by molar-refractivity contribution is 0.465. The van der Waals surface area contributed by atoms with Crippen LogP contribution in [0, 0.1) is 0 Å². The average molecular weight is 318 g/mol. The summed E-state index contributed by atoms with van der Waals surface area (Å²) in [6.45, 7) is 0. The van der Waals surface area contributed by atoms with Crippen LogP contribution >= 0.6 is 11.8 Å². The predicted octanol–water partition coefficient (Wildman–Crippen LogP) is 3.92. The molecule has 2 aromatic heterocycles. The minimum Gasteiger partial charge on any atom is -0.407 e. The molecule has 0 aromatic carbocycles. The lowest BCUT2D eigenvalue weighted by atomic mass is 10.1. The largest absolute Gasteiger partial charge is 0.407 e. The quantitative estimate of drug-likeness (QED) is 0.615. The summed E-state index contributed by atoms with van der Waals surface area (Å²) in [4.78, 5) is 7.34. The highest BCUT2D eigenvalue weighted by molar-refractivity contribution is 7.98. The van der Waals surface area contributed by atoms with Crippen LogP contribution in [-0.2, 0) is 5.75 Å². The molecule has 118 valence electrons. The van der Waals surface area contributed by atoms with Crippen molar-refractivity contribution in [1.29, 1.82) is 0 Å². The highest BCUT2D eigenvalue weighted by Crippen LogP contribution is 2.26. The fourth-order valence-electron chi connectivity index (χ4n) is 2.83. The topological polar surface area (TPSA) is 55.1 Å². The van der Waals surface area contributed by atoms with Gasteiger partial charge in [0.15, 0.2) is 0 Å². The zero-order chi connectivity index (χ0) is 15.2. The maximum atomic E-state index is 5.83. The fraction of sp³-hybridized carbons (Fsp3) is 0.562. The molecule has 6 heteroatoms. The van der Waals surface area contributed by atoms with E-state index in [-0.39, 0.29) is 0 Å². The summed E-state index contributed by atoms with van der Waals surface area (Å²) in [7, 11) is 2.07. The monoisotopic (exact) mass is 318 g/mol. The molecule has 1 saturated carbocycles. The fourth-order valence-corrected chi connectivity index (χ4v) is 3.55. The van der Waals surface area contributed by atoms with Gasteiger partial charge in [0.05, 0.1) is 5.75 Å². The third-order valence-electron chi connectivity index (χ3n) is 4.14. The van der Waals surface area contributed by atoms with Crippen molar-refractivity contribution in [3.8, 4) is 0 Å². The predicted molar refractivity (Wildman–Crippen MR) is 88.0 cm³/mol. The molecule has 2 heterocycles. The lowest BCUT2D eigenvalue weighted by Crippen LogP contribution is -2.31. The summed E-state index contributed by atoms with van der Waals surface area (Å²) >= 11 is 1.68. The van der Waals surface area contributed by atoms with Gasteiger partial charge in [-0.1, -0.05) is 30.8 Å². The van der Waals surface area contributed by atoms with Gasteiger partial charge in [-0.2, -0.15) is 0 Å². The summed E-state index contributed by atoms with van der Waals surface area (Å²) < 4.78 is 5.83. The smallest absolute Gasteiger partial charge is 0.318 e. The van der Waals surface area contributed by atoms with Crippen LogP contribution in [0.3, 0.4) is 0 Å². The van der Waals surface area contributed by atoms with Crippen LogP contribution in [0.25, 0.3) is 0 Å². The van der Waals surface area contributed by atoms with Crippen LogP contribution < -0.4 is 4.90 Å². The van der Waals surface area contributed by atoms with Crippen molar-refractivity contribution in [2.24, 2.45) is 0 Å². The molecular formula is C16H22N4OS. The van der Waals surface area contributed by atoms with E-state index in [1.807, 2.05) is 12.1 Å². The molecule has 2 aromatic rings. The Kier molecular flexibility index (Phi) is 5.32. The summed E-state index contributed by atoms with van der Waals surface area (Å²) in [5.74, 6) is 1.37. The molecule has 0 unspecified atom stereocenters. The van der Waals surface area contributed by atoms with E-state index in [0.29, 0.717) is 23.7 Å². The molecule has 0 bridgehead atoms. The van der Waals surface area contributed by atoms with E-state index in [0.717, 1.165) is 4.90 Å². The van der Waals surface area contributed by atoms with Crippen molar-refractivity contribution < 1.29 is 4.42 Å². The number of hydrogen-bond acceptors (Lipinski definition) is 6. The molecule has 0 spiro atoms. The van der Waals surface area contributed by atoms with Crippen molar-refractivity contribution >= 4 is 17.8 Å². The Morgan fingerprint density at radius 1 is 1.14 bits per heavy atom. The Hall–Kier alpha value is -1.56. The second kappa shape index (κ2) is 7.63. The van der Waals surface area contributed by atoms with E-state index in [1.54, 1.807) is 24.2 Å². The van der Waals surface area contributed by atoms with Gasteiger partial charge >= 0.3 is 6.01 Å². The maximum absolute atomic E-state index is 5.83. The molecule has 0 N–H and O–H groups in total. The molecule has 1 aliphatic rings. The van der Waals surface area contributed by atoms with Gasteiger partial charge in [0.2, 0.25) is 5.89 Å². The molecule has 1 aliphatic carbocycles. The Morgan fingerprint density at radius 3 is 2.59 bits per heavy atom. The van der Waals surface area contributed by atoms with Crippen molar-refractivity contribution in [1.82, 2.24) is 15.2 Å². The molecule has 3 rings (SSSR count). The maximum Gasteiger partial charge on any atom is 0.318 e. The van der Waals surface area contributed by atoms with E-state index in [1.165, 1.54) is 38.5 Å². The van der Waals surface area contributed by atoms with Crippen molar-refractivity contribution in [2.75, 3.05) is 11.9 Å². The molecule has 0 saturated heterocycles. The van der Waals surface area contributed by atoms with Crippen LogP contribution in [0.1, 0.15) is 44.4 Å². The third-order valence-corrected chi connectivity index (χ3v) is 5.14. The normalized spacial score (nSPS) is 16.4. The first-order valence-corrected chi connectivity index (χ1v) is 8.89. The Balaban J connectivity index is 1.58. The SMILES string of the molecule is CN(c1nnc(CSc2ccncc2)o1)C1CCCCCC1. The van der Waals surface area contributed by atoms with Crippen LogP contribution in [0.4, 0.5) is 6.01 Å². The molecule has 0 radical (unpaired) electrons. The number of anilines is 1. The van der Waals surface area contributed by atoms with Gasteiger partial charge in [-0.25, -0.2) is 0 Å². The highest BCUT2D eigenvalue weighted by Gasteiger charge is 2.21. The van der Waals surface area contributed by atoms with E-state index >= 15 is 0 Å². The summed E-state index contributed by atoms with van der Waals surface area (Å²) in [5.41, 5.74) is 0. The van der Waals surface area contributed by atoms with Gasteiger partial charge in [0, 0.05) is 30.4 Å². The molecule has 5 nitrogen and oxygen atoms in total. The van der Waals surface area contributed by atoms with Gasteiger partial charge in [-0.3, -0.25) is 4.98 Å². The van der Waals surface area contributed by atoms with Crippen molar-refractivity contribution in [2.45, 2.75) is 55.2 Å². The summed E-state index contributed by atoms with van der Waals surface area (Å²) in [6, 6.07) is 5.15.